The molecule has 0 aromatic carbocycles. The highest BCUT2D eigenvalue weighted by Crippen LogP contribution is 2.42. The van der Waals surface area contributed by atoms with Crippen LogP contribution in [0.5, 0.6) is 0 Å². The van der Waals surface area contributed by atoms with Crippen LogP contribution in [0.3, 0.4) is 0 Å². The van der Waals surface area contributed by atoms with Crippen LogP contribution >= 0.6 is 15.9 Å². The lowest BCUT2D eigenvalue weighted by Gasteiger charge is -2.36. The number of nitrogens with zero attached hydrogens (tertiary/aromatic N) is 2. The minimum atomic E-state index is -0.836. The van der Waals surface area contributed by atoms with Gasteiger partial charge in [-0.2, -0.15) is 0 Å². The predicted octanol–water partition coefficient (Wildman–Crippen LogP) is 6.21. The minimum Gasteiger partial charge on any atom is -0.461 e. The second kappa shape index (κ2) is 9.82. The molecule has 1 aromatic rings. The lowest BCUT2D eigenvalue weighted by atomic mass is 9.96. The molecule has 1 aliphatic rings. The van der Waals surface area contributed by atoms with Gasteiger partial charge in [0.2, 0.25) is 0 Å². The summed E-state index contributed by atoms with van der Waals surface area (Å²) in [7, 11) is 0. The number of carbonyl (C=O) groups excluding carboxylic acids is 1. The molecule has 1 atom stereocenters. The van der Waals surface area contributed by atoms with Gasteiger partial charge in [0.05, 0.1) is 27.6 Å². The van der Waals surface area contributed by atoms with Crippen molar-refractivity contribution in [3.8, 4) is 0 Å². The maximum Gasteiger partial charge on any atom is 0.340 e. The summed E-state index contributed by atoms with van der Waals surface area (Å²) < 4.78 is 12.8. The van der Waals surface area contributed by atoms with Crippen LogP contribution in [0.15, 0.2) is 15.6 Å². The molecule has 5 nitrogen and oxygen atoms in total. The lowest BCUT2D eigenvalue weighted by molar-refractivity contribution is -0.171. The molecule has 0 saturated carbocycles. The van der Waals surface area contributed by atoms with Crippen molar-refractivity contribution in [1.82, 2.24) is 4.98 Å². The summed E-state index contributed by atoms with van der Waals surface area (Å²) in [5.74, 6) is -0.371. The number of pyridine rings is 1. The number of esters is 1. The molecule has 1 fully saturated rings. The number of aryl methyl sites for hydroxylation is 2. The zero-order chi connectivity index (χ0) is 22.8. The van der Waals surface area contributed by atoms with Crippen LogP contribution in [-0.2, 0) is 14.3 Å². The lowest BCUT2D eigenvalue weighted by Crippen LogP contribution is -2.36. The maximum absolute atomic E-state index is 13.1. The molecule has 0 radical (unpaired) electrons. The van der Waals surface area contributed by atoms with Crippen LogP contribution < -0.4 is 4.90 Å². The number of carbonyl (C=O) groups is 1. The van der Waals surface area contributed by atoms with Gasteiger partial charge in [0.15, 0.2) is 6.10 Å². The van der Waals surface area contributed by atoms with Crippen molar-refractivity contribution in [2.75, 3.05) is 18.0 Å². The molecule has 1 saturated heterocycles. The summed E-state index contributed by atoms with van der Waals surface area (Å²) in [5, 5.41) is 0. The largest absolute Gasteiger partial charge is 0.461 e. The molecule has 0 aliphatic carbocycles. The molecular weight excluding hydrogens is 444 g/mol. The fraction of sp³-hybridized carbons (Fsp3) is 0.667. The molecule has 30 heavy (non-hydrogen) atoms. The first-order chi connectivity index (χ1) is 13.8. The quantitative estimate of drug-likeness (QED) is 0.370. The first kappa shape index (κ1) is 24.9. The van der Waals surface area contributed by atoms with E-state index in [0.717, 1.165) is 53.0 Å². The van der Waals surface area contributed by atoms with Crippen molar-refractivity contribution < 1.29 is 14.3 Å². The normalized spacial score (nSPS) is 16.1. The topological polar surface area (TPSA) is 51.7 Å². The molecule has 2 rings (SSSR count). The van der Waals surface area contributed by atoms with E-state index in [2.05, 4.69) is 34.7 Å². The van der Waals surface area contributed by atoms with Crippen molar-refractivity contribution in [1.29, 1.82) is 0 Å². The zero-order valence-electron chi connectivity index (χ0n) is 20.0. The summed E-state index contributed by atoms with van der Waals surface area (Å²) in [4.78, 5) is 20.2. The Morgan fingerprint density at radius 1 is 1.10 bits per heavy atom. The third-order valence-electron chi connectivity index (χ3n) is 5.20. The van der Waals surface area contributed by atoms with Crippen molar-refractivity contribution in [2.45, 2.75) is 93.0 Å². The summed E-state index contributed by atoms with van der Waals surface area (Å²) >= 11 is 3.77. The predicted molar refractivity (Wildman–Crippen MR) is 126 cm³/mol. The van der Waals surface area contributed by atoms with E-state index in [0.29, 0.717) is 0 Å². The Balaban J connectivity index is 2.60. The van der Waals surface area contributed by atoms with Gasteiger partial charge in [0.1, 0.15) is 0 Å². The number of piperidine rings is 1. The number of anilines is 1. The monoisotopic (exact) mass is 480 g/mol. The summed E-state index contributed by atoms with van der Waals surface area (Å²) in [5.41, 5.74) is 5.92. The number of halogens is 1. The van der Waals surface area contributed by atoms with Crippen molar-refractivity contribution in [3.63, 3.8) is 0 Å². The Bertz CT molecular complexity index is 811. The van der Waals surface area contributed by atoms with Gasteiger partial charge >= 0.3 is 5.97 Å². The number of allylic oxidation sites excluding steroid dienone is 1. The molecule has 168 valence electrons. The Morgan fingerprint density at radius 3 is 2.13 bits per heavy atom. The van der Waals surface area contributed by atoms with Gasteiger partial charge in [-0.3, -0.25) is 4.98 Å². The standard InChI is InChI=1S/C24H37BrN2O3/c1-14(2)18-10-12-27(13-11-18)21-19(16(5)26-17(6)20(21)25)22(30-24(7,8)9)23(28)29-15(3)4/h15,22H,10-13H2,1-9H3/t22-/m0/s1. The van der Waals surface area contributed by atoms with Crippen LogP contribution in [0.2, 0.25) is 0 Å². The van der Waals surface area contributed by atoms with E-state index < -0.39 is 11.7 Å². The number of hydrogen-bond donors (Lipinski definition) is 0. The average Bonchev–Trinajstić information content (AvgIpc) is 2.61. The molecule has 0 unspecified atom stereocenters. The zero-order valence-corrected chi connectivity index (χ0v) is 21.6. The van der Waals surface area contributed by atoms with E-state index in [1.54, 1.807) is 0 Å². The van der Waals surface area contributed by atoms with Crippen LogP contribution in [0, 0.1) is 13.8 Å². The van der Waals surface area contributed by atoms with Crippen LogP contribution in [0.1, 0.15) is 84.4 Å². The third-order valence-corrected chi connectivity index (χ3v) is 6.15. The second-order valence-electron chi connectivity index (χ2n) is 9.55. The molecular formula is C24H37BrN2O3. The highest BCUT2D eigenvalue weighted by molar-refractivity contribution is 9.10. The van der Waals surface area contributed by atoms with Gasteiger partial charge in [-0.05, 0) is 91.1 Å². The van der Waals surface area contributed by atoms with E-state index in [9.17, 15) is 4.79 Å². The first-order valence-corrected chi connectivity index (χ1v) is 11.6. The third kappa shape index (κ3) is 6.07. The highest BCUT2D eigenvalue weighted by atomic mass is 79.9. The molecule has 0 bridgehead atoms. The van der Waals surface area contributed by atoms with Gasteiger partial charge in [-0.25, -0.2) is 4.79 Å². The number of ether oxygens (including phenoxy) is 2. The van der Waals surface area contributed by atoms with Crippen molar-refractivity contribution >= 4 is 27.6 Å². The second-order valence-corrected chi connectivity index (χ2v) is 10.3. The van der Waals surface area contributed by atoms with E-state index in [4.69, 9.17) is 14.5 Å². The summed E-state index contributed by atoms with van der Waals surface area (Å²) in [6.07, 6.45) is 0.993. The SMILES string of the molecule is CC(C)=C1CCN(c2c(Br)c(C)nc(C)c2[C@H](OC(C)(C)C)C(=O)OC(C)C)CC1. The maximum atomic E-state index is 13.1. The summed E-state index contributed by atoms with van der Waals surface area (Å²) in [6, 6.07) is 0. The molecule has 1 aromatic heterocycles. The molecule has 0 spiro atoms. The van der Waals surface area contributed by atoms with Gasteiger partial charge in [0.25, 0.3) is 0 Å². The molecule has 2 heterocycles. The fourth-order valence-corrected chi connectivity index (χ4v) is 4.37. The highest BCUT2D eigenvalue weighted by Gasteiger charge is 2.36. The Hall–Kier alpha value is -1.40. The van der Waals surface area contributed by atoms with E-state index in [-0.39, 0.29) is 12.1 Å². The first-order valence-electron chi connectivity index (χ1n) is 10.8. The average molecular weight is 481 g/mol. The van der Waals surface area contributed by atoms with Crippen LogP contribution in [0.25, 0.3) is 0 Å². The molecule has 0 N–H and O–H groups in total. The number of rotatable bonds is 5. The molecule has 1 aliphatic heterocycles. The number of hydrogen-bond acceptors (Lipinski definition) is 5. The smallest absolute Gasteiger partial charge is 0.340 e. The van der Waals surface area contributed by atoms with Crippen LogP contribution in [-0.4, -0.2) is 35.7 Å². The fourth-order valence-electron chi connectivity index (χ4n) is 3.82. The van der Waals surface area contributed by atoms with Gasteiger partial charge in [-0.15, -0.1) is 0 Å². The minimum absolute atomic E-state index is 0.218. The summed E-state index contributed by atoms with van der Waals surface area (Å²) in [6.45, 7) is 19.7. The Labute approximate surface area is 190 Å². The van der Waals surface area contributed by atoms with Crippen molar-refractivity contribution in [2.24, 2.45) is 0 Å². The van der Waals surface area contributed by atoms with Gasteiger partial charge in [-0.1, -0.05) is 11.1 Å². The van der Waals surface area contributed by atoms with E-state index in [1.165, 1.54) is 11.1 Å². The van der Waals surface area contributed by atoms with Gasteiger partial charge in [0, 0.05) is 24.3 Å². The molecule has 6 heteroatoms. The van der Waals surface area contributed by atoms with Gasteiger partial charge < -0.3 is 14.4 Å². The van der Waals surface area contributed by atoms with Crippen molar-refractivity contribution in [3.05, 3.63) is 32.6 Å². The van der Waals surface area contributed by atoms with Crippen LogP contribution in [0.4, 0.5) is 5.69 Å². The van der Waals surface area contributed by atoms with E-state index in [1.807, 2.05) is 48.5 Å². The van der Waals surface area contributed by atoms with E-state index >= 15 is 0 Å². The molecule has 0 amide bonds. The Kier molecular flexibility index (Phi) is 8.14. The number of aromatic nitrogens is 1. The Morgan fingerprint density at radius 2 is 1.67 bits per heavy atom.